The first-order valence-electron chi connectivity index (χ1n) is 7.72. The van der Waals surface area contributed by atoms with E-state index in [0.717, 1.165) is 10.5 Å². The first-order chi connectivity index (χ1) is 12.6. The van der Waals surface area contributed by atoms with Crippen molar-refractivity contribution in [3.8, 4) is 5.75 Å². The summed E-state index contributed by atoms with van der Waals surface area (Å²) in [7, 11) is 1.56. The fourth-order valence-electron chi connectivity index (χ4n) is 2.25. The lowest BCUT2D eigenvalue weighted by atomic mass is 10.2. The standard InChI is InChI=1S/C18H16N4O3S/c1-12-6-8-15(9-7-12)26-18-16(22(23)24)17(19-11-20-18)21-13-4-3-5-14(10-13)25-2/h3-11H,1-2H3,(H,19,20,21). The number of nitrogens with zero attached hydrogens (tertiary/aromatic N) is 3. The highest BCUT2D eigenvalue weighted by Gasteiger charge is 2.24. The van der Waals surface area contributed by atoms with E-state index >= 15 is 0 Å². The van der Waals surface area contributed by atoms with Crippen molar-refractivity contribution in [2.45, 2.75) is 16.8 Å². The number of hydrogen-bond acceptors (Lipinski definition) is 7. The number of aryl methyl sites for hydroxylation is 1. The van der Waals surface area contributed by atoms with E-state index in [1.807, 2.05) is 31.2 Å². The second-order valence-electron chi connectivity index (χ2n) is 5.41. The van der Waals surface area contributed by atoms with Gasteiger partial charge in [0.25, 0.3) is 0 Å². The lowest BCUT2D eigenvalue weighted by Crippen LogP contribution is -2.03. The molecule has 0 amide bonds. The summed E-state index contributed by atoms with van der Waals surface area (Å²) in [6.45, 7) is 1.98. The van der Waals surface area contributed by atoms with Crippen molar-refractivity contribution in [2.75, 3.05) is 12.4 Å². The molecule has 0 bridgehead atoms. The highest BCUT2D eigenvalue weighted by molar-refractivity contribution is 7.99. The molecule has 0 aliphatic rings. The van der Waals surface area contributed by atoms with Crippen molar-refractivity contribution >= 4 is 29.0 Å². The summed E-state index contributed by atoms with van der Waals surface area (Å²) < 4.78 is 5.17. The molecular weight excluding hydrogens is 352 g/mol. The van der Waals surface area contributed by atoms with E-state index in [1.54, 1.807) is 31.4 Å². The normalized spacial score (nSPS) is 10.4. The maximum absolute atomic E-state index is 11.6. The van der Waals surface area contributed by atoms with Crippen LogP contribution in [0.4, 0.5) is 17.2 Å². The van der Waals surface area contributed by atoms with Crippen LogP contribution in [0.3, 0.4) is 0 Å². The second kappa shape index (κ2) is 7.83. The number of nitrogens with one attached hydrogen (secondary N) is 1. The Hall–Kier alpha value is -3.13. The fraction of sp³-hybridized carbons (Fsp3) is 0.111. The van der Waals surface area contributed by atoms with Gasteiger partial charge in [0.2, 0.25) is 5.82 Å². The van der Waals surface area contributed by atoms with E-state index in [4.69, 9.17) is 4.74 Å². The van der Waals surface area contributed by atoms with Crippen LogP contribution in [0.1, 0.15) is 5.56 Å². The molecule has 3 rings (SSSR count). The average molecular weight is 368 g/mol. The van der Waals surface area contributed by atoms with E-state index in [9.17, 15) is 10.1 Å². The van der Waals surface area contributed by atoms with Gasteiger partial charge in [0, 0.05) is 16.6 Å². The number of nitro groups is 1. The highest BCUT2D eigenvalue weighted by Crippen LogP contribution is 2.37. The molecule has 0 spiro atoms. The van der Waals surface area contributed by atoms with Crippen LogP contribution >= 0.6 is 11.8 Å². The molecule has 8 heteroatoms. The molecule has 3 aromatic rings. The van der Waals surface area contributed by atoms with Crippen LogP contribution in [0.5, 0.6) is 5.75 Å². The molecule has 26 heavy (non-hydrogen) atoms. The Labute approximate surface area is 154 Å². The Morgan fingerprint density at radius 3 is 2.62 bits per heavy atom. The first kappa shape index (κ1) is 17.7. The molecule has 0 radical (unpaired) electrons. The van der Waals surface area contributed by atoms with Gasteiger partial charge in [0.1, 0.15) is 12.1 Å². The van der Waals surface area contributed by atoms with Gasteiger partial charge in [-0.1, -0.05) is 35.5 Å². The molecule has 1 N–H and O–H groups in total. The third-order valence-electron chi connectivity index (χ3n) is 3.54. The number of anilines is 2. The summed E-state index contributed by atoms with van der Waals surface area (Å²) in [6, 6.07) is 14.8. The van der Waals surface area contributed by atoms with Crippen LogP contribution < -0.4 is 10.1 Å². The third kappa shape index (κ3) is 4.09. The summed E-state index contributed by atoms with van der Waals surface area (Å²) in [4.78, 5) is 20.2. The number of benzene rings is 2. The van der Waals surface area contributed by atoms with E-state index in [0.29, 0.717) is 11.4 Å². The topological polar surface area (TPSA) is 90.2 Å². The zero-order chi connectivity index (χ0) is 18.5. The number of aromatic nitrogens is 2. The highest BCUT2D eigenvalue weighted by atomic mass is 32.2. The average Bonchev–Trinajstić information content (AvgIpc) is 2.64. The summed E-state index contributed by atoms with van der Waals surface area (Å²) in [5, 5.41) is 14.9. The van der Waals surface area contributed by atoms with Gasteiger partial charge in [-0.3, -0.25) is 10.1 Å². The zero-order valence-electron chi connectivity index (χ0n) is 14.2. The van der Waals surface area contributed by atoms with Gasteiger partial charge in [-0.2, -0.15) is 0 Å². The summed E-state index contributed by atoms with van der Waals surface area (Å²) in [5.41, 5.74) is 1.59. The second-order valence-corrected chi connectivity index (χ2v) is 6.47. The lowest BCUT2D eigenvalue weighted by molar-refractivity contribution is -0.387. The van der Waals surface area contributed by atoms with Gasteiger partial charge < -0.3 is 10.1 Å². The quantitative estimate of drug-likeness (QED) is 0.386. The minimum Gasteiger partial charge on any atom is -0.497 e. The van der Waals surface area contributed by atoms with Gasteiger partial charge in [-0.05, 0) is 31.2 Å². The summed E-state index contributed by atoms with van der Waals surface area (Å²) in [5.74, 6) is 0.772. The van der Waals surface area contributed by atoms with Crippen LogP contribution in [-0.4, -0.2) is 22.0 Å². The zero-order valence-corrected chi connectivity index (χ0v) is 15.0. The molecule has 0 fully saturated rings. The monoisotopic (exact) mass is 368 g/mol. The van der Waals surface area contributed by atoms with Crippen LogP contribution in [0.15, 0.2) is 64.8 Å². The molecule has 0 saturated carbocycles. The first-order valence-corrected chi connectivity index (χ1v) is 8.53. The van der Waals surface area contributed by atoms with Gasteiger partial charge in [-0.25, -0.2) is 9.97 Å². The predicted molar refractivity (Wildman–Crippen MR) is 100 cm³/mol. The number of hydrogen-bond donors (Lipinski definition) is 1. The summed E-state index contributed by atoms with van der Waals surface area (Å²) in [6.07, 6.45) is 1.31. The largest absolute Gasteiger partial charge is 0.497 e. The van der Waals surface area contributed by atoms with E-state index in [-0.39, 0.29) is 16.5 Å². The Bertz CT molecular complexity index is 932. The fourth-order valence-corrected chi connectivity index (χ4v) is 3.11. The van der Waals surface area contributed by atoms with Gasteiger partial charge >= 0.3 is 5.69 Å². The maximum Gasteiger partial charge on any atom is 0.343 e. The summed E-state index contributed by atoms with van der Waals surface area (Å²) >= 11 is 1.23. The molecule has 0 aliphatic heterocycles. The van der Waals surface area contributed by atoms with Gasteiger partial charge in [0.15, 0.2) is 5.03 Å². The Morgan fingerprint density at radius 1 is 1.15 bits per heavy atom. The van der Waals surface area contributed by atoms with Crippen molar-refractivity contribution in [2.24, 2.45) is 0 Å². The Kier molecular flexibility index (Phi) is 5.33. The molecular formula is C18H16N4O3S. The number of methoxy groups -OCH3 is 1. The van der Waals surface area contributed by atoms with E-state index in [1.165, 1.54) is 18.1 Å². The van der Waals surface area contributed by atoms with Gasteiger partial charge in [-0.15, -0.1) is 0 Å². The van der Waals surface area contributed by atoms with Crippen molar-refractivity contribution < 1.29 is 9.66 Å². The van der Waals surface area contributed by atoms with Crippen molar-refractivity contribution in [3.05, 3.63) is 70.5 Å². The van der Waals surface area contributed by atoms with Crippen molar-refractivity contribution in [3.63, 3.8) is 0 Å². The molecule has 132 valence electrons. The molecule has 0 atom stereocenters. The molecule has 1 aromatic heterocycles. The third-order valence-corrected chi connectivity index (χ3v) is 4.54. The molecule has 1 heterocycles. The van der Waals surface area contributed by atoms with E-state index in [2.05, 4.69) is 15.3 Å². The van der Waals surface area contributed by atoms with Crippen LogP contribution in [0.2, 0.25) is 0 Å². The van der Waals surface area contributed by atoms with Crippen molar-refractivity contribution in [1.29, 1.82) is 0 Å². The Balaban J connectivity index is 1.95. The SMILES string of the molecule is COc1cccc(Nc2ncnc(Sc3ccc(C)cc3)c2[N+](=O)[O-])c1. The maximum atomic E-state index is 11.6. The van der Waals surface area contributed by atoms with E-state index < -0.39 is 4.92 Å². The molecule has 0 aliphatic carbocycles. The van der Waals surface area contributed by atoms with Crippen molar-refractivity contribution in [1.82, 2.24) is 9.97 Å². The smallest absolute Gasteiger partial charge is 0.343 e. The predicted octanol–water partition coefficient (Wildman–Crippen LogP) is 4.60. The van der Waals surface area contributed by atoms with Crippen LogP contribution in [0.25, 0.3) is 0 Å². The molecule has 7 nitrogen and oxygen atoms in total. The Morgan fingerprint density at radius 2 is 1.92 bits per heavy atom. The molecule has 0 saturated heterocycles. The van der Waals surface area contributed by atoms with Crippen LogP contribution in [-0.2, 0) is 0 Å². The minimum atomic E-state index is -0.473. The lowest BCUT2D eigenvalue weighted by Gasteiger charge is -2.09. The van der Waals surface area contributed by atoms with Gasteiger partial charge in [0.05, 0.1) is 12.0 Å². The number of rotatable bonds is 6. The molecule has 2 aromatic carbocycles. The minimum absolute atomic E-state index is 0.132. The van der Waals surface area contributed by atoms with Crippen LogP contribution in [0, 0.1) is 17.0 Å². The number of ether oxygens (including phenoxy) is 1. The molecule has 0 unspecified atom stereocenters.